The quantitative estimate of drug-likeness (QED) is 0.435. The van der Waals surface area contributed by atoms with Crippen molar-refractivity contribution >= 4 is 17.5 Å². The molecule has 0 fully saturated rings. The van der Waals surface area contributed by atoms with Crippen LogP contribution in [0.3, 0.4) is 0 Å². The summed E-state index contributed by atoms with van der Waals surface area (Å²) in [7, 11) is 0. The van der Waals surface area contributed by atoms with Crippen LogP contribution >= 0.6 is 0 Å². The molecule has 0 unspecified atom stereocenters. The highest BCUT2D eigenvalue weighted by Gasteiger charge is 2.21. The topological polar surface area (TPSA) is 92.2 Å². The van der Waals surface area contributed by atoms with Gasteiger partial charge in [0.25, 0.3) is 11.8 Å². The van der Waals surface area contributed by atoms with Crippen molar-refractivity contribution in [3.8, 4) is 0 Å². The Morgan fingerprint density at radius 3 is 2.61 bits per heavy atom. The molecule has 3 heterocycles. The fourth-order valence-corrected chi connectivity index (χ4v) is 4.95. The standard InChI is InChI=1S/C30H40N6O2/c1-23(2)28-33-17-20-35(28)18-8-14-34-29(37)25-9-10-27-26(21-25)22-32-13-6-4-3-5-7-19-36(27)30(38)24-11-15-31-16-12-24/h9-12,15-17,20-21,23,32H,3-8,13-14,18-19,22H2,1-2H3,(H,34,37). The number of nitrogens with zero attached hydrogens (tertiary/aromatic N) is 4. The van der Waals surface area contributed by atoms with Crippen molar-refractivity contribution in [2.24, 2.45) is 0 Å². The molecular formula is C30H40N6O2. The van der Waals surface area contributed by atoms with Gasteiger partial charge in [-0.1, -0.05) is 33.1 Å². The largest absolute Gasteiger partial charge is 0.352 e. The van der Waals surface area contributed by atoms with E-state index in [0.717, 1.165) is 55.8 Å². The van der Waals surface area contributed by atoms with Crippen LogP contribution in [-0.4, -0.2) is 46.0 Å². The number of pyridine rings is 1. The maximum Gasteiger partial charge on any atom is 0.258 e. The van der Waals surface area contributed by atoms with Crippen molar-refractivity contribution in [2.75, 3.05) is 24.5 Å². The van der Waals surface area contributed by atoms with Crippen molar-refractivity contribution in [3.05, 3.63) is 77.6 Å². The van der Waals surface area contributed by atoms with Crippen molar-refractivity contribution in [1.82, 2.24) is 25.2 Å². The third kappa shape index (κ3) is 7.28. The van der Waals surface area contributed by atoms with Crippen molar-refractivity contribution in [3.63, 3.8) is 0 Å². The predicted molar refractivity (Wildman–Crippen MR) is 150 cm³/mol. The Bertz CT molecular complexity index is 1190. The summed E-state index contributed by atoms with van der Waals surface area (Å²) in [5.74, 6) is 1.29. The van der Waals surface area contributed by atoms with E-state index in [-0.39, 0.29) is 11.8 Å². The Hall–Kier alpha value is -3.52. The zero-order chi connectivity index (χ0) is 26.7. The van der Waals surface area contributed by atoms with Crippen LogP contribution in [0.5, 0.6) is 0 Å². The van der Waals surface area contributed by atoms with Crippen molar-refractivity contribution in [2.45, 2.75) is 71.4 Å². The van der Waals surface area contributed by atoms with Gasteiger partial charge in [-0.2, -0.15) is 0 Å². The first kappa shape index (κ1) is 27.5. The number of nitrogens with one attached hydrogen (secondary N) is 2. The molecule has 0 atom stereocenters. The summed E-state index contributed by atoms with van der Waals surface area (Å²) in [6.07, 6.45) is 13.5. The Morgan fingerprint density at radius 1 is 1.00 bits per heavy atom. The van der Waals surface area contributed by atoms with Crippen LogP contribution in [0.1, 0.15) is 90.4 Å². The number of imidazole rings is 1. The molecule has 0 bridgehead atoms. The monoisotopic (exact) mass is 516 g/mol. The van der Waals surface area contributed by atoms with E-state index in [4.69, 9.17) is 0 Å². The lowest BCUT2D eigenvalue weighted by atomic mass is 10.0. The molecule has 0 aliphatic carbocycles. The average molecular weight is 517 g/mol. The second kappa shape index (κ2) is 13.9. The van der Waals surface area contributed by atoms with Crippen LogP contribution in [0.4, 0.5) is 5.69 Å². The van der Waals surface area contributed by atoms with Crippen LogP contribution in [0, 0.1) is 0 Å². The highest BCUT2D eigenvalue weighted by molar-refractivity contribution is 6.06. The molecule has 0 saturated carbocycles. The van der Waals surface area contributed by atoms with Gasteiger partial charge in [-0.3, -0.25) is 14.6 Å². The van der Waals surface area contributed by atoms with Gasteiger partial charge in [-0.25, -0.2) is 4.98 Å². The van der Waals surface area contributed by atoms with Crippen molar-refractivity contribution in [1.29, 1.82) is 0 Å². The number of hydrogen-bond acceptors (Lipinski definition) is 5. The Labute approximate surface area is 225 Å². The molecule has 0 saturated heterocycles. The average Bonchev–Trinajstić information content (AvgIpc) is 3.40. The zero-order valence-corrected chi connectivity index (χ0v) is 22.7. The molecule has 4 rings (SSSR count). The first-order valence-electron chi connectivity index (χ1n) is 13.9. The van der Waals surface area contributed by atoms with Crippen LogP contribution < -0.4 is 15.5 Å². The molecule has 8 heteroatoms. The molecule has 2 amide bonds. The summed E-state index contributed by atoms with van der Waals surface area (Å²) in [5, 5.41) is 6.58. The first-order chi connectivity index (χ1) is 18.5. The maximum atomic E-state index is 13.5. The lowest BCUT2D eigenvalue weighted by molar-refractivity contribution is 0.0951. The molecule has 0 radical (unpaired) electrons. The van der Waals surface area contributed by atoms with Crippen LogP contribution in [0.2, 0.25) is 0 Å². The van der Waals surface area contributed by atoms with Gasteiger partial charge in [-0.15, -0.1) is 0 Å². The summed E-state index contributed by atoms with van der Waals surface area (Å²) in [6.45, 7) is 7.83. The fourth-order valence-electron chi connectivity index (χ4n) is 4.95. The van der Waals surface area contributed by atoms with Crippen molar-refractivity contribution < 1.29 is 9.59 Å². The molecule has 2 N–H and O–H groups in total. The molecule has 38 heavy (non-hydrogen) atoms. The maximum absolute atomic E-state index is 13.5. The highest BCUT2D eigenvalue weighted by Crippen LogP contribution is 2.26. The molecular weight excluding hydrogens is 476 g/mol. The Morgan fingerprint density at radius 2 is 1.79 bits per heavy atom. The Balaban J connectivity index is 1.48. The molecule has 202 valence electrons. The van der Waals surface area contributed by atoms with E-state index in [1.54, 1.807) is 24.5 Å². The minimum Gasteiger partial charge on any atom is -0.352 e. The van der Waals surface area contributed by atoms with Gasteiger partial charge in [0.2, 0.25) is 0 Å². The van der Waals surface area contributed by atoms with Gasteiger partial charge in [-0.05, 0) is 61.7 Å². The van der Waals surface area contributed by atoms with Gasteiger partial charge < -0.3 is 20.1 Å². The zero-order valence-electron chi connectivity index (χ0n) is 22.7. The molecule has 1 aliphatic heterocycles. The summed E-state index contributed by atoms with van der Waals surface area (Å²) >= 11 is 0. The highest BCUT2D eigenvalue weighted by atomic mass is 16.2. The number of hydrogen-bond donors (Lipinski definition) is 2. The molecule has 0 spiro atoms. The van der Waals surface area contributed by atoms with E-state index in [2.05, 4.69) is 39.0 Å². The second-order valence-corrected chi connectivity index (χ2v) is 10.2. The molecule has 1 aromatic carbocycles. The SMILES string of the molecule is CC(C)c1nccn1CCCNC(=O)c1ccc2c(c1)CNCCCCCCCN2C(=O)c1ccncc1. The second-order valence-electron chi connectivity index (χ2n) is 10.2. The number of aromatic nitrogens is 3. The number of aryl methyl sites for hydroxylation is 1. The van der Waals surface area contributed by atoms with Gasteiger partial charge >= 0.3 is 0 Å². The smallest absolute Gasteiger partial charge is 0.258 e. The predicted octanol–water partition coefficient (Wildman–Crippen LogP) is 4.92. The van der Waals surface area contributed by atoms with Gasteiger partial charge in [0.05, 0.1) is 0 Å². The molecule has 3 aromatic rings. The summed E-state index contributed by atoms with van der Waals surface area (Å²) < 4.78 is 2.15. The number of amides is 2. The Kier molecular flexibility index (Phi) is 10.0. The number of carbonyl (C=O) groups is 2. The first-order valence-corrected chi connectivity index (χ1v) is 13.9. The van der Waals surface area contributed by atoms with Crippen LogP contribution in [0.15, 0.2) is 55.1 Å². The third-order valence-corrected chi connectivity index (χ3v) is 6.98. The van der Waals surface area contributed by atoms with Gasteiger partial charge in [0, 0.05) is 73.7 Å². The number of anilines is 1. The van der Waals surface area contributed by atoms with Crippen LogP contribution in [-0.2, 0) is 13.1 Å². The van der Waals surface area contributed by atoms with E-state index >= 15 is 0 Å². The number of rotatable bonds is 7. The normalized spacial score (nSPS) is 14.9. The minimum atomic E-state index is -0.0966. The lowest BCUT2D eigenvalue weighted by Gasteiger charge is -2.27. The molecule has 1 aliphatic rings. The number of benzene rings is 1. The van der Waals surface area contributed by atoms with Gasteiger partial charge in [0.1, 0.15) is 5.82 Å². The lowest BCUT2D eigenvalue weighted by Crippen LogP contribution is -2.34. The molecule has 8 nitrogen and oxygen atoms in total. The molecule has 2 aromatic heterocycles. The van der Waals surface area contributed by atoms with E-state index in [1.807, 2.05) is 35.5 Å². The summed E-state index contributed by atoms with van der Waals surface area (Å²) in [4.78, 5) is 36.9. The van der Waals surface area contributed by atoms with Crippen LogP contribution in [0.25, 0.3) is 0 Å². The van der Waals surface area contributed by atoms with E-state index in [1.165, 1.54) is 12.8 Å². The van der Waals surface area contributed by atoms with Gasteiger partial charge in [0.15, 0.2) is 0 Å². The summed E-state index contributed by atoms with van der Waals surface area (Å²) in [5.41, 5.74) is 3.05. The summed E-state index contributed by atoms with van der Waals surface area (Å²) in [6, 6.07) is 9.21. The van der Waals surface area contributed by atoms with E-state index in [9.17, 15) is 9.59 Å². The minimum absolute atomic E-state index is 0.0387. The number of fused-ring (bicyclic) bond motifs is 1. The third-order valence-electron chi connectivity index (χ3n) is 6.98. The van der Waals surface area contributed by atoms with E-state index in [0.29, 0.717) is 36.7 Å². The van der Waals surface area contributed by atoms with E-state index < -0.39 is 0 Å². The fraction of sp³-hybridized carbons (Fsp3) is 0.467. The number of carbonyl (C=O) groups excluding carboxylic acids is 2.